The molecule has 2 atom stereocenters. The van der Waals surface area contributed by atoms with E-state index in [9.17, 15) is 4.79 Å². The molecule has 2 aliphatic heterocycles. The van der Waals surface area contributed by atoms with Gasteiger partial charge in [-0.15, -0.1) is 0 Å². The summed E-state index contributed by atoms with van der Waals surface area (Å²) in [5, 5.41) is 3.32. The molecule has 4 nitrogen and oxygen atoms in total. The van der Waals surface area contributed by atoms with Crippen molar-refractivity contribution in [3.8, 4) is 0 Å². The van der Waals surface area contributed by atoms with Gasteiger partial charge in [0.2, 0.25) is 0 Å². The highest BCUT2D eigenvalue weighted by atomic mass is 16.5. The van der Waals surface area contributed by atoms with Crippen molar-refractivity contribution in [3.05, 3.63) is 0 Å². The zero-order valence-electron chi connectivity index (χ0n) is 8.66. The second-order valence-corrected chi connectivity index (χ2v) is 4.21. The Morgan fingerprint density at radius 3 is 2.64 bits per heavy atom. The first-order valence-corrected chi connectivity index (χ1v) is 5.27. The van der Waals surface area contributed by atoms with Crippen molar-refractivity contribution in [1.29, 1.82) is 0 Å². The maximum Gasteiger partial charge on any atom is 0.144 e. The predicted octanol–water partition coefficient (Wildman–Crippen LogP) is -0.647. The van der Waals surface area contributed by atoms with Crippen LogP contribution in [0.25, 0.3) is 0 Å². The predicted molar refractivity (Wildman–Crippen MR) is 53.2 cm³/mol. The number of carbonyl (C=O) groups excluding carboxylic acids is 1. The van der Waals surface area contributed by atoms with E-state index in [1.54, 1.807) is 7.11 Å². The van der Waals surface area contributed by atoms with Crippen LogP contribution in [0.15, 0.2) is 0 Å². The number of ether oxygens (including phenoxy) is 1. The average Bonchev–Trinajstić information content (AvgIpc) is 2.15. The van der Waals surface area contributed by atoms with Crippen molar-refractivity contribution in [2.75, 3.05) is 46.4 Å². The molecule has 2 saturated heterocycles. The number of rotatable bonds is 3. The Morgan fingerprint density at radius 1 is 1.43 bits per heavy atom. The summed E-state index contributed by atoms with van der Waals surface area (Å²) >= 11 is 0. The van der Waals surface area contributed by atoms with Crippen LogP contribution >= 0.6 is 0 Å². The van der Waals surface area contributed by atoms with E-state index in [0.29, 0.717) is 5.78 Å². The molecule has 0 aromatic heterocycles. The summed E-state index contributed by atoms with van der Waals surface area (Å²) in [5.74, 6) is 0.913. The maximum absolute atomic E-state index is 11.7. The molecule has 2 rings (SSSR count). The summed E-state index contributed by atoms with van der Waals surface area (Å²) in [6, 6.07) is 0. The van der Waals surface area contributed by atoms with E-state index in [4.69, 9.17) is 4.74 Å². The molecule has 2 fully saturated rings. The van der Waals surface area contributed by atoms with Crippen molar-refractivity contribution in [1.82, 2.24) is 10.2 Å². The summed E-state index contributed by atoms with van der Waals surface area (Å²) in [6.07, 6.45) is 0. The fourth-order valence-corrected chi connectivity index (χ4v) is 2.38. The normalized spacial score (nSPS) is 33.4. The van der Waals surface area contributed by atoms with Gasteiger partial charge in [0.1, 0.15) is 5.78 Å². The Balaban J connectivity index is 1.90. The Morgan fingerprint density at radius 2 is 2.07 bits per heavy atom. The zero-order chi connectivity index (χ0) is 9.97. The SMILES string of the molecule is COCCN1CC2CNCC(C1)C2=O. The standard InChI is InChI=1S/C10H18N2O2/c1-14-3-2-12-6-8-4-11-5-9(7-12)10(8)13/h8-9,11H,2-7H2,1H3. The number of likely N-dealkylation sites (tertiary alicyclic amines) is 1. The van der Waals surface area contributed by atoms with Crippen LogP contribution < -0.4 is 5.32 Å². The lowest BCUT2D eigenvalue weighted by Gasteiger charge is -2.40. The van der Waals surface area contributed by atoms with Gasteiger partial charge in [-0.25, -0.2) is 0 Å². The number of carbonyl (C=O) groups is 1. The van der Waals surface area contributed by atoms with Crippen LogP contribution in [-0.2, 0) is 9.53 Å². The third-order valence-corrected chi connectivity index (χ3v) is 3.16. The van der Waals surface area contributed by atoms with Crippen molar-refractivity contribution in [2.45, 2.75) is 0 Å². The average molecular weight is 198 g/mol. The number of nitrogens with one attached hydrogen (secondary N) is 1. The van der Waals surface area contributed by atoms with E-state index in [1.165, 1.54) is 0 Å². The van der Waals surface area contributed by atoms with Gasteiger partial charge in [0.15, 0.2) is 0 Å². The van der Waals surface area contributed by atoms with Gasteiger partial charge in [0.25, 0.3) is 0 Å². The van der Waals surface area contributed by atoms with Gasteiger partial charge < -0.3 is 10.1 Å². The number of nitrogens with zero attached hydrogens (tertiary/aromatic N) is 1. The van der Waals surface area contributed by atoms with E-state index in [0.717, 1.165) is 39.3 Å². The summed E-state index contributed by atoms with van der Waals surface area (Å²) < 4.78 is 5.05. The number of fused-ring (bicyclic) bond motifs is 2. The molecule has 2 aliphatic rings. The molecule has 0 aromatic carbocycles. The quantitative estimate of drug-likeness (QED) is 0.654. The van der Waals surface area contributed by atoms with Crippen LogP contribution in [0.3, 0.4) is 0 Å². The zero-order valence-corrected chi connectivity index (χ0v) is 8.66. The third kappa shape index (κ3) is 1.97. The van der Waals surface area contributed by atoms with Crippen LogP contribution in [0.1, 0.15) is 0 Å². The number of piperidine rings is 2. The summed E-state index contributed by atoms with van der Waals surface area (Å²) in [5.41, 5.74) is 0. The van der Waals surface area contributed by atoms with Crippen molar-refractivity contribution >= 4 is 5.78 Å². The fourth-order valence-electron chi connectivity index (χ4n) is 2.38. The van der Waals surface area contributed by atoms with E-state index >= 15 is 0 Å². The molecule has 14 heavy (non-hydrogen) atoms. The molecule has 0 radical (unpaired) electrons. The van der Waals surface area contributed by atoms with Gasteiger partial charge >= 0.3 is 0 Å². The lowest BCUT2D eigenvalue weighted by molar-refractivity contribution is -0.133. The second kappa shape index (κ2) is 4.38. The minimum absolute atomic E-state index is 0.222. The molecule has 0 saturated carbocycles. The first-order chi connectivity index (χ1) is 6.81. The Kier molecular flexibility index (Phi) is 3.15. The lowest BCUT2D eigenvalue weighted by Crippen LogP contribution is -2.57. The molecule has 80 valence electrons. The fraction of sp³-hybridized carbons (Fsp3) is 0.900. The second-order valence-electron chi connectivity index (χ2n) is 4.21. The molecular formula is C10H18N2O2. The van der Waals surface area contributed by atoms with Gasteiger partial charge in [0.05, 0.1) is 6.61 Å². The monoisotopic (exact) mass is 198 g/mol. The largest absolute Gasteiger partial charge is 0.383 e. The highest BCUT2D eigenvalue weighted by Crippen LogP contribution is 2.20. The molecule has 1 N–H and O–H groups in total. The van der Waals surface area contributed by atoms with Crippen molar-refractivity contribution in [2.24, 2.45) is 11.8 Å². The van der Waals surface area contributed by atoms with Crippen LogP contribution in [-0.4, -0.2) is 57.1 Å². The van der Waals surface area contributed by atoms with Gasteiger partial charge in [-0.2, -0.15) is 0 Å². The number of methoxy groups -OCH3 is 1. The molecule has 2 bridgehead atoms. The summed E-state index contributed by atoms with van der Waals surface area (Å²) in [7, 11) is 1.72. The van der Waals surface area contributed by atoms with Gasteiger partial charge in [-0.3, -0.25) is 9.69 Å². The van der Waals surface area contributed by atoms with Crippen molar-refractivity contribution in [3.63, 3.8) is 0 Å². The Hall–Kier alpha value is -0.450. The summed E-state index contributed by atoms with van der Waals surface area (Å²) in [4.78, 5) is 14.1. The molecule has 4 heteroatoms. The Labute approximate surface area is 84.6 Å². The number of Topliss-reactive ketones (excluding diaryl/α,β-unsaturated/α-hetero) is 1. The van der Waals surface area contributed by atoms with Crippen LogP contribution in [0.5, 0.6) is 0 Å². The molecular weight excluding hydrogens is 180 g/mol. The number of ketones is 1. The summed E-state index contributed by atoms with van der Waals surface area (Å²) in [6.45, 7) is 5.26. The van der Waals surface area contributed by atoms with E-state index in [2.05, 4.69) is 10.2 Å². The van der Waals surface area contributed by atoms with Crippen LogP contribution in [0, 0.1) is 11.8 Å². The molecule has 0 spiro atoms. The van der Waals surface area contributed by atoms with Gasteiger partial charge in [-0.1, -0.05) is 0 Å². The minimum atomic E-state index is 0.222. The Bertz CT molecular complexity index is 204. The maximum atomic E-state index is 11.7. The van der Waals surface area contributed by atoms with E-state index in [-0.39, 0.29) is 11.8 Å². The van der Waals surface area contributed by atoms with Crippen molar-refractivity contribution < 1.29 is 9.53 Å². The minimum Gasteiger partial charge on any atom is -0.383 e. The van der Waals surface area contributed by atoms with E-state index in [1.807, 2.05) is 0 Å². The smallest absolute Gasteiger partial charge is 0.144 e. The first-order valence-electron chi connectivity index (χ1n) is 5.27. The highest BCUT2D eigenvalue weighted by Gasteiger charge is 2.37. The third-order valence-electron chi connectivity index (χ3n) is 3.16. The highest BCUT2D eigenvalue weighted by molar-refractivity contribution is 5.85. The topological polar surface area (TPSA) is 41.6 Å². The van der Waals surface area contributed by atoms with Gasteiger partial charge in [0, 0.05) is 51.7 Å². The van der Waals surface area contributed by atoms with Crippen LogP contribution in [0.4, 0.5) is 0 Å². The van der Waals surface area contributed by atoms with Gasteiger partial charge in [-0.05, 0) is 0 Å². The lowest BCUT2D eigenvalue weighted by atomic mass is 9.84. The number of hydrogen-bond donors (Lipinski definition) is 1. The van der Waals surface area contributed by atoms with Crippen LogP contribution in [0.2, 0.25) is 0 Å². The molecule has 0 amide bonds. The first kappa shape index (κ1) is 10.1. The number of hydrogen-bond acceptors (Lipinski definition) is 4. The molecule has 0 aliphatic carbocycles. The van der Waals surface area contributed by atoms with E-state index < -0.39 is 0 Å². The molecule has 2 unspecified atom stereocenters. The molecule has 0 aromatic rings. The molecule has 2 heterocycles.